The maximum Gasteiger partial charge on any atom is 0.263 e. The molecule has 142 valence electrons. The molecule has 0 radical (unpaired) electrons. The first-order valence-electron chi connectivity index (χ1n) is 8.20. The third-order valence-corrected chi connectivity index (χ3v) is 6.18. The fourth-order valence-corrected chi connectivity index (χ4v) is 4.54. The van der Waals surface area contributed by atoms with E-state index in [-0.39, 0.29) is 17.0 Å². The van der Waals surface area contributed by atoms with E-state index in [4.69, 9.17) is 0 Å². The molecule has 0 saturated heterocycles. The van der Waals surface area contributed by atoms with Gasteiger partial charge in [0.2, 0.25) is 5.91 Å². The van der Waals surface area contributed by atoms with Gasteiger partial charge in [0.1, 0.15) is 16.5 Å². The van der Waals surface area contributed by atoms with Gasteiger partial charge in [-0.15, -0.1) is 11.3 Å². The number of rotatable bonds is 5. The van der Waals surface area contributed by atoms with E-state index in [2.05, 4.69) is 10.3 Å². The van der Waals surface area contributed by atoms with Crippen LogP contribution < -0.4 is 10.9 Å². The molecule has 3 rings (SSSR count). The van der Waals surface area contributed by atoms with Gasteiger partial charge in [0.15, 0.2) is 5.16 Å². The second kappa shape index (κ2) is 7.77. The third kappa shape index (κ3) is 3.89. The number of nitrogens with one attached hydrogen (secondary N) is 1. The van der Waals surface area contributed by atoms with Crippen molar-refractivity contribution < 1.29 is 13.6 Å². The number of halogens is 2. The Morgan fingerprint density at radius 3 is 2.78 bits per heavy atom. The molecule has 1 aromatic carbocycles. The Labute approximate surface area is 162 Å². The molecule has 0 aliphatic rings. The summed E-state index contributed by atoms with van der Waals surface area (Å²) >= 11 is 2.52. The average molecular weight is 409 g/mol. The lowest BCUT2D eigenvalue weighted by Gasteiger charge is -2.10. The Kier molecular flexibility index (Phi) is 5.61. The highest BCUT2D eigenvalue weighted by Gasteiger charge is 2.17. The second-order valence-electron chi connectivity index (χ2n) is 5.87. The first kappa shape index (κ1) is 19.5. The van der Waals surface area contributed by atoms with Crippen LogP contribution in [0, 0.1) is 25.5 Å². The molecule has 5 nitrogen and oxygen atoms in total. The summed E-state index contributed by atoms with van der Waals surface area (Å²) in [6.07, 6.45) is 0. The van der Waals surface area contributed by atoms with E-state index in [1.165, 1.54) is 15.9 Å². The number of aromatic nitrogens is 2. The van der Waals surface area contributed by atoms with Gasteiger partial charge in [-0.05, 0) is 38.5 Å². The Hall–Kier alpha value is -2.26. The summed E-state index contributed by atoms with van der Waals surface area (Å²) in [5.74, 6) is -1.96. The average Bonchev–Trinajstić information content (AvgIpc) is 2.90. The van der Waals surface area contributed by atoms with Crippen LogP contribution in [0.5, 0.6) is 0 Å². The highest BCUT2D eigenvalue weighted by atomic mass is 32.2. The number of fused-ring (bicyclic) bond motifs is 1. The SMILES string of the molecule is CCn1c(SCC(=O)Nc2cc(F)ccc2F)nc2sc(C)c(C)c2c1=O. The van der Waals surface area contributed by atoms with Gasteiger partial charge in [0, 0.05) is 17.5 Å². The summed E-state index contributed by atoms with van der Waals surface area (Å²) in [5, 5.41) is 3.37. The van der Waals surface area contributed by atoms with Crippen molar-refractivity contribution in [3.8, 4) is 0 Å². The van der Waals surface area contributed by atoms with Gasteiger partial charge in [-0.1, -0.05) is 11.8 Å². The van der Waals surface area contributed by atoms with E-state index in [0.717, 1.165) is 40.4 Å². The molecule has 27 heavy (non-hydrogen) atoms. The van der Waals surface area contributed by atoms with Crippen molar-refractivity contribution in [3.05, 3.63) is 50.6 Å². The van der Waals surface area contributed by atoms with Crippen LogP contribution in [-0.4, -0.2) is 21.2 Å². The van der Waals surface area contributed by atoms with Gasteiger partial charge >= 0.3 is 0 Å². The predicted octanol–water partition coefficient (Wildman–Crippen LogP) is 4.10. The first-order valence-corrected chi connectivity index (χ1v) is 10.00. The molecule has 0 fully saturated rings. The number of thiophene rings is 1. The number of thioether (sulfide) groups is 1. The van der Waals surface area contributed by atoms with Crippen LogP contribution in [0.4, 0.5) is 14.5 Å². The minimum Gasteiger partial charge on any atom is -0.323 e. The predicted molar refractivity (Wildman–Crippen MR) is 105 cm³/mol. The van der Waals surface area contributed by atoms with E-state index in [9.17, 15) is 18.4 Å². The summed E-state index contributed by atoms with van der Waals surface area (Å²) in [5.41, 5.74) is 0.565. The minimum atomic E-state index is -0.718. The number of carbonyl (C=O) groups excluding carboxylic acids is 1. The summed E-state index contributed by atoms with van der Waals surface area (Å²) in [7, 11) is 0. The molecule has 0 aliphatic carbocycles. The number of nitrogens with zero attached hydrogens (tertiary/aromatic N) is 2. The first-order chi connectivity index (χ1) is 12.8. The van der Waals surface area contributed by atoms with Crippen molar-refractivity contribution in [1.82, 2.24) is 9.55 Å². The van der Waals surface area contributed by atoms with Gasteiger partial charge in [-0.2, -0.15) is 0 Å². The summed E-state index contributed by atoms with van der Waals surface area (Å²) in [6, 6.07) is 2.84. The third-order valence-electron chi connectivity index (χ3n) is 4.10. The molecule has 0 bridgehead atoms. The molecule has 0 aliphatic heterocycles. The number of hydrogen-bond donors (Lipinski definition) is 1. The van der Waals surface area contributed by atoms with Crippen molar-refractivity contribution >= 4 is 44.9 Å². The normalized spacial score (nSPS) is 11.1. The molecule has 2 heterocycles. The maximum atomic E-state index is 13.6. The number of benzene rings is 1. The molecule has 0 unspecified atom stereocenters. The van der Waals surface area contributed by atoms with Gasteiger partial charge in [-0.3, -0.25) is 14.2 Å². The van der Waals surface area contributed by atoms with Crippen molar-refractivity contribution in [2.45, 2.75) is 32.5 Å². The van der Waals surface area contributed by atoms with E-state index >= 15 is 0 Å². The smallest absolute Gasteiger partial charge is 0.263 e. The van der Waals surface area contributed by atoms with Crippen LogP contribution in [0.2, 0.25) is 0 Å². The highest BCUT2D eigenvalue weighted by molar-refractivity contribution is 7.99. The van der Waals surface area contributed by atoms with Crippen LogP contribution in [-0.2, 0) is 11.3 Å². The minimum absolute atomic E-state index is 0.0861. The zero-order valence-corrected chi connectivity index (χ0v) is 16.6. The lowest BCUT2D eigenvalue weighted by Crippen LogP contribution is -2.23. The molecule has 1 amide bonds. The molecule has 0 spiro atoms. The summed E-state index contributed by atoms with van der Waals surface area (Å²) < 4.78 is 28.4. The lowest BCUT2D eigenvalue weighted by atomic mass is 10.2. The van der Waals surface area contributed by atoms with Gasteiger partial charge in [0.25, 0.3) is 5.56 Å². The quantitative estimate of drug-likeness (QED) is 0.509. The molecule has 0 saturated carbocycles. The summed E-state index contributed by atoms with van der Waals surface area (Å²) in [4.78, 5) is 31.1. The summed E-state index contributed by atoms with van der Waals surface area (Å²) in [6.45, 7) is 6.07. The Morgan fingerprint density at radius 2 is 2.07 bits per heavy atom. The van der Waals surface area contributed by atoms with E-state index in [1.807, 2.05) is 20.8 Å². The highest BCUT2D eigenvalue weighted by Crippen LogP contribution is 2.28. The standard InChI is InChI=1S/C18H17F2N3O2S2/c1-4-23-17(25)15-9(2)10(3)27-16(15)22-18(23)26-8-14(24)21-13-7-11(19)5-6-12(13)20/h5-7H,4,8H2,1-3H3,(H,21,24). The van der Waals surface area contributed by atoms with Crippen LogP contribution in [0.3, 0.4) is 0 Å². The molecule has 0 atom stereocenters. The number of carbonyl (C=O) groups is 1. The van der Waals surface area contributed by atoms with Crippen LogP contribution >= 0.6 is 23.1 Å². The number of anilines is 1. The fraction of sp³-hybridized carbons (Fsp3) is 0.278. The van der Waals surface area contributed by atoms with Crippen LogP contribution in [0.15, 0.2) is 28.2 Å². The van der Waals surface area contributed by atoms with E-state index in [0.29, 0.717) is 21.9 Å². The fourth-order valence-electron chi connectivity index (χ4n) is 2.61. The van der Waals surface area contributed by atoms with Crippen molar-refractivity contribution in [3.63, 3.8) is 0 Å². The van der Waals surface area contributed by atoms with Crippen LogP contribution in [0.1, 0.15) is 17.4 Å². The van der Waals surface area contributed by atoms with Crippen LogP contribution in [0.25, 0.3) is 10.2 Å². The van der Waals surface area contributed by atoms with Gasteiger partial charge < -0.3 is 5.32 Å². The Balaban J connectivity index is 1.83. The van der Waals surface area contributed by atoms with E-state index < -0.39 is 17.5 Å². The topological polar surface area (TPSA) is 64.0 Å². The molecular formula is C18H17F2N3O2S2. The zero-order chi connectivity index (χ0) is 19.7. The van der Waals surface area contributed by atoms with Crippen molar-refractivity contribution in [2.75, 3.05) is 11.1 Å². The number of hydrogen-bond acceptors (Lipinski definition) is 5. The molecule has 3 aromatic rings. The molecule has 1 N–H and O–H groups in total. The van der Waals surface area contributed by atoms with Crippen molar-refractivity contribution in [1.29, 1.82) is 0 Å². The lowest BCUT2D eigenvalue weighted by molar-refractivity contribution is -0.113. The molecular weight excluding hydrogens is 392 g/mol. The monoisotopic (exact) mass is 409 g/mol. The molecule has 2 aromatic heterocycles. The van der Waals surface area contributed by atoms with Crippen molar-refractivity contribution in [2.24, 2.45) is 0 Å². The van der Waals surface area contributed by atoms with Gasteiger partial charge in [-0.25, -0.2) is 13.8 Å². The largest absolute Gasteiger partial charge is 0.323 e. The van der Waals surface area contributed by atoms with E-state index in [1.54, 1.807) is 0 Å². The molecule has 9 heteroatoms. The maximum absolute atomic E-state index is 13.6. The Bertz CT molecular complexity index is 1090. The van der Waals surface area contributed by atoms with Gasteiger partial charge in [0.05, 0.1) is 16.8 Å². The second-order valence-corrected chi connectivity index (χ2v) is 8.01. The number of amides is 1. The zero-order valence-electron chi connectivity index (χ0n) is 14.9. The number of aryl methyl sites for hydroxylation is 2. The Morgan fingerprint density at radius 1 is 1.33 bits per heavy atom.